The normalized spacial score (nSPS) is 17.0. The van der Waals surface area contributed by atoms with Crippen LogP contribution in [0, 0.1) is 0 Å². The van der Waals surface area contributed by atoms with E-state index in [-0.39, 0.29) is 18.7 Å². The highest BCUT2D eigenvalue weighted by Gasteiger charge is 2.43. The topological polar surface area (TPSA) is 53.6 Å². The maximum atomic E-state index is 13.4. The molecule has 1 atom stereocenters. The number of ether oxygens (including phenoxy) is 1. The van der Waals surface area contributed by atoms with Crippen LogP contribution in [-0.2, 0) is 0 Å². The first-order valence-corrected chi connectivity index (χ1v) is 8.92. The average Bonchev–Trinajstić information content (AvgIpc) is 2.60. The summed E-state index contributed by atoms with van der Waals surface area (Å²) in [6.07, 6.45) is -3.69. The Kier molecular flexibility index (Phi) is 7.55. The molecule has 2 rings (SSSR count). The van der Waals surface area contributed by atoms with Gasteiger partial charge in [0, 0.05) is 37.7 Å². The van der Waals surface area contributed by atoms with Gasteiger partial charge in [-0.15, -0.1) is 0 Å². The molecule has 1 fully saturated rings. The lowest BCUT2D eigenvalue weighted by atomic mass is 10.1. The fraction of sp³-hybridized carbons (Fsp3) is 0.588. The van der Waals surface area contributed by atoms with E-state index in [1.165, 1.54) is 11.0 Å². The maximum absolute atomic E-state index is 13.4. The second-order valence-corrected chi connectivity index (χ2v) is 6.48. The van der Waals surface area contributed by atoms with Crippen molar-refractivity contribution < 1.29 is 22.7 Å². The minimum Gasteiger partial charge on any atom is -0.493 e. The van der Waals surface area contributed by atoms with Crippen molar-refractivity contribution in [1.82, 2.24) is 15.5 Å². The molecule has 0 spiro atoms. The van der Waals surface area contributed by atoms with Gasteiger partial charge in [-0.1, -0.05) is 18.5 Å². The lowest BCUT2D eigenvalue weighted by molar-refractivity contribution is -0.183. The van der Waals surface area contributed by atoms with E-state index in [0.29, 0.717) is 30.5 Å². The van der Waals surface area contributed by atoms with E-state index >= 15 is 0 Å². The molecule has 1 saturated heterocycles. The van der Waals surface area contributed by atoms with E-state index in [2.05, 4.69) is 10.6 Å². The third-order valence-electron chi connectivity index (χ3n) is 4.07. The highest BCUT2D eigenvalue weighted by molar-refractivity contribution is 6.31. The fourth-order valence-corrected chi connectivity index (χ4v) is 2.92. The summed E-state index contributed by atoms with van der Waals surface area (Å²) < 4.78 is 45.7. The van der Waals surface area contributed by atoms with Gasteiger partial charge in [-0.25, -0.2) is 0 Å². The highest BCUT2D eigenvalue weighted by Crippen LogP contribution is 2.26. The minimum atomic E-state index is -4.43. The number of hydrogen-bond donors (Lipinski definition) is 2. The number of alkyl halides is 3. The van der Waals surface area contributed by atoms with Gasteiger partial charge >= 0.3 is 6.18 Å². The van der Waals surface area contributed by atoms with Crippen LogP contribution in [0.5, 0.6) is 5.75 Å². The van der Waals surface area contributed by atoms with Crippen molar-refractivity contribution in [2.24, 2.45) is 0 Å². The number of nitrogens with zero attached hydrogens (tertiary/aromatic N) is 1. The molecule has 1 aliphatic rings. The fourth-order valence-electron chi connectivity index (χ4n) is 2.75. The number of carbonyl (C=O) groups excluding carboxylic acids is 1. The molecule has 1 amide bonds. The predicted molar refractivity (Wildman–Crippen MR) is 93.9 cm³/mol. The molecule has 5 nitrogen and oxygen atoms in total. The van der Waals surface area contributed by atoms with Crippen molar-refractivity contribution in [3.05, 3.63) is 28.8 Å². The monoisotopic (exact) mass is 393 g/mol. The van der Waals surface area contributed by atoms with Crippen LogP contribution in [0.1, 0.15) is 23.7 Å². The lowest BCUT2D eigenvalue weighted by Gasteiger charge is -2.35. The van der Waals surface area contributed by atoms with Crippen molar-refractivity contribution in [1.29, 1.82) is 0 Å². The van der Waals surface area contributed by atoms with Gasteiger partial charge in [-0.3, -0.25) is 9.69 Å². The highest BCUT2D eigenvalue weighted by atomic mass is 35.5. The van der Waals surface area contributed by atoms with E-state index < -0.39 is 24.7 Å². The molecule has 9 heteroatoms. The summed E-state index contributed by atoms with van der Waals surface area (Å²) in [6.45, 7) is 3.32. The van der Waals surface area contributed by atoms with Gasteiger partial charge < -0.3 is 15.4 Å². The Hall–Kier alpha value is -1.51. The standard InChI is InChI=1S/C17H23ClF3N3O2/c1-2-9-26-14-4-3-12(18)10-13(14)16(25)23-11-15(17(19,20)21)24-7-5-22-6-8-24/h3-4,10,15,22H,2,5-9,11H2,1H3,(H,23,25). The Bertz CT molecular complexity index is 607. The zero-order chi connectivity index (χ0) is 19.2. The van der Waals surface area contributed by atoms with Crippen LogP contribution in [0.15, 0.2) is 18.2 Å². The van der Waals surface area contributed by atoms with Crippen LogP contribution in [0.25, 0.3) is 0 Å². The van der Waals surface area contributed by atoms with Crippen LogP contribution in [0.3, 0.4) is 0 Å². The molecule has 26 heavy (non-hydrogen) atoms. The third-order valence-corrected chi connectivity index (χ3v) is 4.31. The second kappa shape index (κ2) is 9.43. The Morgan fingerprint density at radius 2 is 2.08 bits per heavy atom. The molecule has 0 radical (unpaired) electrons. The molecule has 1 unspecified atom stereocenters. The van der Waals surface area contributed by atoms with Gasteiger partial charge in [-0.05, 0) is 24.6 Å². The first-order valence-electron chi connectivity index (χ1n) is 8.55. The smallest absolute Gasteiger partial charge is 0.405 e. The number of amides is 1. The largest absolute Gasteiger partial charge is 0.493 e. The van der Waals surface area contributed by atoms with Gasteiger partial charge in [0.15, 0.2) is 0 Å². The van der Waals surface area contributed by atoms with Crippen LogP contribution in [0.2, 0.25) is 5.02 Å². The number of carbonyl (C=O) groups is 1. The van der Waals surface area contributed by atoms with E-state index in [1.807, 2.05) is 6.92 Å². The summed E-state index contributed by atoms with van der Waals surface area (Å²) in [7, 11) is 0. The summed E-state index contributed by atoms with van der Waals surface area (Å²) in [6, 6.07) is 2.79. The molecule has 0 saturated carbocycles. The average molecular weight is 394 g/mol. The first-order chi connectivity index (χ1) is 12.3. The van der Waals surface area contributed by atoms with Gasteiger partial charge in [0.1, 0.15) is 11.8 Å². The molecular formula is C17H23ClF3N3O2. The number of hydrogen-bond acceptors (Lipinski definition) is 4. The number of piperazine rings is 1. The first kappa shape index (κ1) is 20.8. The second-order valence-electron chi connectivity index (χ2n) is 6.04. The Morgan fingerprint density at radius 3 is 2.69 bits per heavy atom. The van der Waals surface area contributed by atoms with Crippen molar-refractivity contribution in [3.8, 4) is 5.75 Å². The zero-order valence-corrected chi connectivity index (χ0v) is 15.3. The molecule has 146 valence electrons. The Labute approximate surface area is 155 Å². The van der Waals surface area contributed by atoms with Gasteiger partial charge in [0.2, 0.25) is 0 Å². The molecular weight excluding hydrogens is 371 g/mol. The molecule has 1 aliphatic heterocycles. The van der Waals surface area contributed by atoms with E-state index in [9.17, 15) is 18.0 Å². The maximum Gasteiger partial charge on any atom is 0.405 e. The van der Waals surface area contributed by atoms with Crippen LogP contribution < -0.4 is 15.4 Å². The minimum absolute atomic E-state index is 0.132. The summed E-state index contributed by atoms with van der Waals surface area (Å²) in [5.74, 6) is -0.331. The van der Waals surface area contributed by atoms with Gasteiger partial charge in [-0.2, -0.15) is 13.2 Å². The van der Waals surface area contributed by atoms with Crippen LogP contribution in [-0.4, -0.2) is 62.4 Å². The van der Waals surface area contributed by atoms with Crippen LogP contribution >= 0.6 is 11.6 Å². The van der Waals surface area contributed by atoms with Crippen molar-refractivity contribution >= 4 is 17.5 Å². The van der Waals surface area contributed by atoms with E-state index in [0.717, 1.165) is 6.42 Å². The predicted octanol–water partition coefficient (Wildman–Crippen LogP) is 2.69. The SMILES string of the molecule is CCCOc1ccc(Cl)cc1C(=O)NCC(N1CCNCC1)C(F)(F)F. The van der Waals surface area contributed by atoms with Crippen molar-refractivity contribution in [2.45, 2.75) is 25.6 Å². The molecule has 0 bridgehead atoms. The summed E-state index contributed by atoms with van der Waals surface area (Å²) in [5, 5.41) is 5.72. The Morgan fingerprint density at radius 1 is 1.38 bits per heavy atom. The van der Waals surface area contributed by atoms with Crippen molar-refractivity contribution in [3.63, 3.8) is 0 Å². The number of benzene rings is 1. The van der Waals surface area contributed by atoms with Gasteiger partial charge in [0.25, 0.3) is 5.91 Å². The molecule has 1 aromatic rings. The third kappa shape index (κ3) is 5.75. The summed E-state index contributed by atoms with van der Waals surface area (Å²) >= 11 is 5.92. The van der Waals surface area contributed by atoms with E-state index in [1.54, 1.807) is 12.1 Å². The van der Waals surface area contributed by atoms with Crippen LogP contribution in [0.4, 0.5) is 13.2 Å². The lowest BCUT2D eigenvalue weighted by Crippen LogP contribution is -2.57. The molecule has 1 aromatic carbocycles. The molecule has 2 N–H and O–H groups in total. The number of rotatable bonds is 7. The molecule has 0 aromatic heterocycles. The Balaban J connectivity index is 2.09. The van der Waals surface area contributed by atoms with E-state index in [4.69, 9.17) is 16.3 Å². The summed E-state index contributed by atoms with van der Waals surface area (Å²) in [5.41, 5.74) is 0.132. The molecule has 0 aliphatic carbocycles. The quantitative estimate of drug-likeness (QED) is 0.748. The summed E-state index contributed by atoms with van der Waals surface area (Å²) in [4.78, 5) is 13.8. The number of halogens is 4. The number of nitrogens with one attached hydrogen (secondary N) is 2. The molecule has 1 heterocycles. The van der Waals surface area contributed by atoms with Crippen molar-refractivity contribution in [2.75, 3.05) is 39.3 Å². The van der Waals surface area contributed by atoms with Gasteiger partial charge in [0.05, 0.1) is 12.2 Å². The zero-order valence-electron chi connectivity index (χ0n) is 14.5.